The Morgan fingerprint density at radius 1 is 0.947 bits per heavy atom. The van der Waals surface area contributed by atoms with Crippen LogP contribution in [0.2, 0.25) is 0 Å². The Balaban J connectivity index is 1.36. The third-order valence-electron chi connectivity index (χ3n) is 6.45. The van der Waals surface area contributed by atoms with Crippen LogP contribution in [0.1, 0.15) is 33.9 Å². The van der Waals surface area contributed by atoms with Gasteiger partial charge in [-0.2, -0.15) is 0 Å². The van der Waals surface area contributed by atoms with Gasteiger partial charge in [-0.15, -0.1) is 5.10 Å². The van der Waals surface area contributed by atoms with Crippen molar-refractivity contribution in [1.82, 2.24) is 30.2 Å². The SMILES string of the molecule is CN(C)C(=O)CC(NC(=O)c1ccccc1Cn1cc(-c2ccc3cnccc3c2)nn1)c1ccccc1. The molecule has 0 spiro atoms. The maximum atomic E-state index is 13.5. The van der Waals surface area contributed by atoms with Crippen LogP contribution in [-0.4, -0.2) is 50.8 Å². The standard InChI is InChI=1S/C30H28N6O2/c1-35(2)29(37)17-27(21-8-4-3-5-9-21)32-30(38)26-11-7-6-10-25(26)19-36-20-28(33-34-36)23-12-13-24-18-31-15-14-22(24)16-23/h3-16,18,20,27H,17,19H2,1-2H3,(H,32,38). The van der Waals surface area contributed by atoms with Crippen LogP contribution in [-0.2, 0) is 11.3 Å². The summed E-state index contributed by atoms with van der Waals surface area (Å²) in [5, 5.41) is 13.9. The Morgan fingerprint density at radius 2 is 1.74 bits per heavy atom. The van der Waals surface area contributed by atoms with Crippen LogP contribution in [0.4, 0.5) is 0 Å². The van der Waals surface area contributed by atoms with Gasteiger partial charge in [0.05, 0.1) is 25.2 Å². The van der Waals surface area contributed by atoms with E-state index in [2.05, 4.69) is 26.7 Å². The Hall–Kier alpha value is -4.85. The number of hydrogen-bond donors (Lipinski definition) is 1. The molecule has 1 atom stereocenters. The summed E-state index contributed by atoms with van der Waals surface area (Å²) in [5.41, 5.74) is 3.91. The number of aromatic nitrogens is 4. The summed E-state index contributed by atoms with van der Waals surface area (Å²) in [6.45, 7) is 0.376. The van der Waals surface area contributed by atoms with Gasteiger partial charge < -0.3 is 10.2 Å². The van der Waals surface area contributed by atoms with Crippen LogP contribution >= 0.6 is 0 Å². The van der Waals surface area contributed by atoms with Crippen molar-refractivity contribution in [2.45, 2.75) is 19.0 Å². The summed E-state index contributed by atoms with van der Waals surface area (Å²) in [4.78, 5) is 31.6. The van der Waals surface area contributed by atoms with E-state index in [4.69, 9.17) is 0 Å². The fraction of sp³-hybridized carbons (Fsp3) is 0.167. The van der Waals surface area contributed by atoms with Gasteiger partial charge in [-0.25, -0.2) is 4.68 Å². The average molecular weight is 505 g/mol. The van der Waals surface area contributed by atoms with Crippen molar-refractivity contribution in [3.63, 3.8) is 0 Å². The number of pyridine rings is 1. The second kappa shape index (κ2) is 11.0. The number of rotatable bonds is 8. The molecule has 2 heterocycles. The van der Waals surface area contributed by atoms with Crippen molar-refractivity contribution in [1.29, 1.82) is 0 Å². The zero-order valence-corrected chi connectivity index (χ0v) is 21.3. The molecular formula is C30H28N6O2. The van der Waals surface area contributed by atoms with Crippen molar-refractivity contribution in [2.75, 3.05) is 14.1 Å². The van der Waals surface area contributed by atoms with Crippen LogP contribution in [0.25, 0.3) is 22.0 Å². The third-order valence-corrected chi connectivity index (χ3v) is 6.45. The minimum atomic E-state index is -0.451. The fourth-order valence-corrected chi connectivity index (χ4v) is 4.34. The number of benzene rings is 3. The molecule has 2 aromatic heterocycles. The van der Waals surface area contributed by atoms with Crippen molar-refractivity contribution in [3.05, 3.63) is 114 Å². The van der Waals surface area contributed by atoms with Gasteiger partial charge in [0.2, 0.25) is 5.91 Å². The molecule has 5 rings (SSSR count). The van der Waals surface area contributed by atoms with Crippen LogP contribution < -0.4 is 5.32 Å². The third kappa shape index (κ3) is 5.59. The lowest BCUT2D eigenvalue weighted by Crippen LogP contribution is -2.34. The lowest BCUT2D eigenvalue weighted by atomic mass is 10.0. The van der Waals surface area contributed by atoms with E-state index >= 15 is 0 Å². The van der Waals surface area contributed by atoms with E-state index in [1.807, 2.05) is 79.1 Å². The van der Waals surface area contributed by atoms with E-state index in [0.717, 1.165) is 33.2 Å². The van der Waals surface area contributed by atoms with Gasteiger partial charge in [0.25, 0.3) is 5.91 Å². The summed E-state index contributed by atoms with van der Waals surface area (Å²) in [5.74, 6) is -0.308. The molecule has 0 aliphatic carbocycles. The average Bonchev–Trinajstić information content (AvgIpc) is 3.41. The molecule has 190 valence electrons. The first-order valence-electron chi connectivity index (χ1n) is 12.4. The number of hydrogen-bond acceptors (Lipinski definition) is 5. The van der Waals surface area contributed by atoms with E-state index in [-0.39, 0.29) is 18.2 Å². The highest BCUT2D eigenvalue weighted by atomic mass is 16.2. The monoisotopic (exact) mass is 504 g/mol. The molecule has 0 fully saturated rings. The molecule has 0 radical (unpaired) electrons. The molecule has 2 amide bonds. The highest BCUT2D eigenvalue weighted by Crippen LogP contribution is 2.23. The molecular weight excluding hydrogens is 476 g/mol. The largest absolute Gasteiger partial charge is 0.349 e. The minimum absolute atomic E-state index is 0.0625. The highest BCUT2D eigenvalue weighted by Gasteiger charge is 2.21. The molecule has 0 saturated heterocycles. The van der Waals surface area contributed by atoms with E-state index in [1.165, 1.54) is 4.90 Å². The Kier molecular flexibility index (Phi) is 7.21. The van der Waals surface area contributed by atoms with Crippen LogP contribution in [0.5, 0.6) is 0 Å². The molecule has 1 N–H and O–H groups in total. The molecule has 0 saturated carbocycles. The number of nitrogens with zero attached hydrogens (tertiary/aromatic N) is 5. The quantitative estimate of drug-likeness (QED) is 0.336. The first kappa shape index (κ1) is 24.8. The molecule has 1 unspecified atom stereocenters. The van der Waals surface area contributed by atoms with Crippen molar-refractivity contribution >= 4 is 22.6 Å². The van der Waals surface area contributed by atoms with Gasteiger partial charge in [-0.05, 0) is 34.7 Å². The lowest BCUT2D eigenvalue weighted by Gasteiger charge is -2.21. The second-order valence-electron chi connectivity index (χ2n) is 9.33. The van der Waals surface area contributed by atoms with Crippen molar-refractivity contribution < 1.29 is 9.59 Å². The van der Waals surface area contributed by atoms with Crippen molar-refractivity contribution in [3.8, 4) is 11.3 Å². The number of nitrogens with one attached hydrogen (secondary N) is 1. The fourth-order valence-electron chi connectivity index (χ4n) is 4.34. The summed E-state index contributed by atoms with van der Waals surface area (Å²) in [6, 6.07) is 24.5. The minimum Gasteiger partial charge on any atom is -0.349 e. The van der Waals surface area contributed by atoms with Gasteiger partial charge in [0.15, 0.2) is 0 Å². The summed E-state index contributed by atoms with van der Waals surface area (Å²) >= 11 is 0. The highest BCUT2D eigenvalue weighted by molar-refractivity contribution is 5.96. The molecule has 8 nitrogen and oxygen atoms in total. The number of carbonyl (C=O) groups is 2. The maximum Gasteiger partial charge on any atom is 0.252 e. The molecule has 0 aliphatic rings. The van der Waals surface area contributed by atoms with Crippen LogP contribution in [0.3, 0.4) is 0 Å². The summed E-state index contributed by atoms with van der Waals surface area (Å²) < 4.78 is 1.72. The summed E-state index contributed by atoms with van der Waals surface area (Å²) in [7, 11) is 3.42. The molecule has 0 bridgehead atoms. The number of amides is 2. The van der Waals surface area contributed by atoms with Crippen molar-refractivity contribution in [2.24, 2.45) is 0 Å². The zero-order valence-electron chi connectivity index (χ0n) is 21.3. The smallest absolute Gasteiger partial charge is 0.252 e. The molecule has 0 aliphatic heterocycles. The van der Waals surface area contributed by atoms with Gasteiger partial charge in [-0.1, -0.05) is 65.9 Å². The Bertz CT molecular complexity index is 1580. The van der Waals surface area contributed by atoms with E-state index in [9.17, 15) is 9.59 Å². The molecule has 5 aromatic rings. The molecule has 8 heteroatoms. The van der Waals surface area contributed by atoms with Gasteiger partial charge in [0, 0.05) is 43.0 Å². The van der Waals surface area contributed by atoms with E-state index < -0.39 is 6.04 Å². The van der Waals surface area contributed by atoms with Crippen LogP contribution in [0, 0.1) is 0 Å². The van der Waals surface area contributed by atoms with E-state index in [0.29, 0.717) is 12.1 Å². The maximum absolute atomic E-state index is 13.5. The molecule has 38 heavy (non-hydrogen) atoms. The predicted octanol–water partition coefficient (Wildman–Crippen LogP) is 4.49. The Labute approximate surface area is 220 Å². The van der Waals surface area contributed by atoms with Gasteiger partial charge in [0.1, 0.15) is 5.69 Å². The zero-order chi connectivity index (χ0) is 26.5. The first-order chi connectivity index (χ1) is 18.5. The van der Waals surface area contributed by atoms with Gasteiger partial charge >= 0.3 is 0 Å². The second-order valence-corrected chi connectivity index (χ2v) is 9.33. The lowest BCUT2D eigenvalue weighted by molar-refractivity contribution is -0.129. The normalized spacial score (nSPS) is 11.7. The summed E-state index contributed by atoms with van der Waals surface area (Å²) in [6.07, 6.45) is 5.64. The number of carbonyl (C=O) groups excluding carboxylic acids is 2. The predicted molar refractivity (Wildman–Crippen MR) is 146 cm³/mol. The van der Waals surface area contributed by atoms with E-state index in [1.54, 1.807) is 31.0 Å². The topological polar surface area (TPSA) is 93.0 Å². The molecule has 3 aromatic carbocycles. The number of fused-ring (bicyclic) bond motifs is 1. The Morgan fingerprint density at radius 3 is 2.55 bits per heavy atom. The van der Waals surface area contributed by atoms with Crippen LogP contribution in [0.15, 0.2) is 97.5 Å². The first-order valence-corrected chi connectivity index (χ1v) is 12.4. The van der Waals surface area contributed by atoms with Gasteiger partial charge in [-0.3, -0.25) is 14.6 Å².